The third-order valence-corrected chi connectivity index (χ3v) is 2.56. The van der Waals surface area contributed by atoms with Crippen molar-refractivity contribution in [3.8, 4) is 11.5 Å². The van der Waals surface area contributed by atoms with Crippen LogP contribution >= 0.6 is 11.6 Å². The summed E-state index contributed by atoms with van der Waals surface area (Å²) in [5.74, 6) is -0.534. The molecule has 0 atom stereocenters. The molecule has 5 nitrogen and oxygen atoms in total. The largest absolute Gasteiger partial charge is 0.463 e. The number of benzene rings is 1. The number of ether oxygens (including phenoxy) is 1. The van der Waals surface area contributed by atoms with Gasteiger partial charge < -0.3 is 14.3 Å². The van der Waals surface area contributed by atoms with Crippen LogP contribution in [0.25, 0.3) is 11.5 Å². The zero-order valence-electron chi connectivity index (χ0n) is 9.51. The second-order valence-electron chi connectivity index (χ2n) is 3.45. The van der Waals surface area contributed by atoms with Crippen LogP contribution in [-0.2, 0) is 11.3 Å². The second-order valence-corrected chi connectivity index (χ2v) is 3.89. The predicted molar refractivity (Wildman–Crippen MR) is 64.2 cm³/mol. The molecule has 0 radical (unpaired) electrons. The molecule has 94 valence electrons. The molecule has 0 amide bonds. The van der Waals surface area contributed by atoms with Crippen LogP contribution in [0.5, 0.6) is 0 Å². The number of aliphatic hydroxyl groups is 1. The number of hydrogen-bond donors (Lipinski definition) is 1. The summed E-state index contributed by atoms with van der Waals surface area (Å²) in [7, 11) is 1.23. The number of hydrogen-bond acceptors (Lipinski definition) is 5. The summed E-state index contributed by atoms with van der Waals surface area (Å²) in [6.45, 7) is -0.401. The maximum atomic E-state index is 11.4. The van der Waals surface area contributed by atoms with Crippen molar-refractivity contribution in [2.45, 2.75) is 6.61 Å². The van der Waals surface area contributed by atoms with Gasteiger partial charge in [-0.25, -0.2) is 9.78 Å². The third kappa shape index (κ3) is 2.37. The summed E-state index contributed by atoms with van der Waals surface area (Å²) in [4.78, 5) is 15.4. The number of rotatable bonds is 3. The molecule has 0 aliphatic carbocycles. The molecule has 0 unspecified atom stereocenters. The van der Waals surface area contributed by atoms with Gasteiger partial charge in [0.05, 0.1) is 13.7 Å². The minimum Gasteiger partial charge on any atom is -0.463 e. The number of nitrogens with zero attached hydrogens (tertiary/aromatic N) is 1. The van der Waals surface area contributed by atoms with E-state index in [4.69, 9.17) is 21.1 Å². The molecule has 0 saturated carbocycles. The SMILES string of the molecule is COC(=O)c1oc(-c2ccc(Cl)cc2)nc1CO. The van der Waals surface area contributed by atoms with E-state index in [0.29, 0.717) is 10.6 Å². The summed E-state index contributed by atoms with van der Waals surface area (Å²) in [6.07, 6.45) is 0. The highest BCUT2D eigenvalue weighted by Gasteiger charge is 2.20. The van der Waals surface area contributed by atoms with Crippen LogP contribution < -0.4 is 0 Å². The third-order valence-electron chi connectivity index (χ3n) is 2.31. The number of halogens is 1. The van der Waals surface area contributed by atoms with Crippen molar-refractivity contribution in [1.82, 2.24) is 4.98 Å². The fourth-order valence-corrected chi connectivity index (χ4v) is 1.55. The molecule has 0 saturated heterocycles. The van der Waals surface area contributed by atoms with Crippen LogP contribution in [0.2, 0.25) is 5.02 Å². The molecule has 2 aromatic rings. The molecule has 1 aromatic heterocycles. The van der Waals surface area contributed by atoms with Crippen molar-refractivity contribution in [2.75, 3.05) is 7.11 Å². The van der Waals surface area contributed by atoms with Crippen LogP contribution in [0.15, 0.2) is 28.7 Å². The summed E-state index contributed by atoms with van der Waals surface area (Å²) in [5, 5.41) is 9.70. The van der Waals surface area contributed by atoms with E-state index in [1.807, 2.05) is 0 Å². The Kier molecular flexibility index (Phi) is 3.64. The van der Waals surface area contributed by atoms with Crippen LogP contribution in [0.4, 0.5) is 0 Å². The summed E-state index contributed by atoms with van der Waals surface area (Å²) in [5.41, 5.74) is 0.802. The van der Waals surface area contributed by atoms with Gasteiger partial charge in [0.15, 0.2) is 0 Å². The standard InChI is InChI=1S/C12H10ClNO4/c1-17-12(16)10-9(6-15)14-11(18-10)7-2-4-8(13)5-3-7/h2-5,15H,6H2,1H3. The molecule has 0 bridgehead atoms. The summed E-state index contributed by atoms with van der Waals surface area (Å²) >= 11 is 5.77. The first-order chi connectivity index (χ1) is 8.65. The smallest absolute Gasteiger partial charge is 0.376 e. The highest BCUT2D eigenvalue weighted by molar-refractivity contribution is 6.30. The van der Waals surface area contributed by atoms with Crippen molar-refractivity contribution >= 4 is 17.6 Å². The van der Waals surface area contributed by atoms with Crippen molar-refractivity contribution < 1.29 is 19.1 Å². The molecule has 0 fully saturated rings. The van der Waals surface area contributed by atoms with E-state index in [2.05, 4.69) is 9.72 Å². The molecule has 0 aliphatic rings. The normalized spacial score (nSPS) is 10.4. The van der Waals surface area contributed by atoms with Gasteiger partial charge in [-0.1, -0.05) is 11.6 Å². The predicted octanol–water partition coefficient (Wildman–Crippen LogP) is 2.27. The lowest BCUT2D eigenvalue weighted by Crippen LogP contribution is -2.03. The van der Waals surface area contributed by atoms with Gasteiger partial charge in [0.1, 0.15) is 5.69 Å². The van der Waals surface area contributed by atoms with Crippen LogP contribution in [0.3, 0.4) is 0 Å². The molecule has 2 rings (SSSR count). The van der Waals surface area contributed by atoms with Crippen molar-refractivity contribution in [3.05, 3.63) is 40.7 Å². The van der Waals surface area contributed by atoms with Gasteiger partial charge in [-0.05, 0) is 24.3 Å². The van der Waals surface area contributed by atoms with E-state index in [0.717, 1.165) is 0 Å². The van der Waals surface area contributed by atoms with Gasteiger partial charge in [-0.2, -0.15) is 0 Å². The Hall–Kier alpha value is -1.85. The van der Waals surface area contributed by atoms with Crippen molar-refractivity contribution in [3.63, 3.8) is 0 Å². The number of aromatic nitrogens is 1. The van der Waals surface area contributed by atoms with Crippen LogP contribution in [-0.4, -0.2) is 23.2 Å². The lowest BCUT2D eigenvalue weighted by Gasteiger charge is -1.95. The lowest BCUT2D eigenvalue weighted by molar-refractivity contribution is 0.0561. The summed E-state index contributed by atoms with van der Waals surface area (Å²) in [6, 6.07) is 6.77. The number of oxazole rings is 1. The zero-order valence-corrected chi connectivity index (χ0v) is 10.3. The average molecular weight is 268 g/mol. The molecular formula is C12H10ClNO4. The van der Waals surface area contributed by atoms with Gasteiger partial charge in [0.2, 0.25) is 11.7 Å². The monoisotopic (exact) mass is 267 g/mol. The topological polar surface area (TPSA) is 72.6 Å². The van der Waals surface area contributed by atoms with Gasteiger partial charge >= 0.3 is 5.97 Å². The lowest BCUT2D eigenvalue weighted by atomic mass is 10.2. The highest BCUT2D eigenvalue weighted by atomic mass is 35.5. The fourth-order valence-electron chi connectivity index (χ4n) is 1.43. The first-order valence-corrected chi connectivity index (χ1v) is 5.48. The molecule has 1 N–H and O–H groups in total. The molecule has 1 aromatic carbocycles. The average Bonchev–Trinajstić information content (AvgIpc) is 2.82. The minimum absolute atomic E-state index is 0.0926. The molecular weight excluding hydrogens is 258 g/mol. The Labute approximate surface area is 108 Å². The number of aliphatic hydroxyl groups excluding tert-OH is 1. The molecule has 0 aliphatic heterocycles. The number of methoxy groups -OCH3 is 1. The fraction of sp³-hybridized carbons (Fsp3) is 0.167. The van der Waals surface area contributed by atoms with E-state index < -0.39 is 12.6 Å². The molecule has 18 heavy (non-hydrogen) atoms. The Balaban J connectivity index is 2.43. The first kappa shape index (κ1) is 12.6. The number of carbonyl (C=O) groups is 1. The quantitative estimate of drug-likeness (QED) is 0.864. The number of esters is 1. The number of carbonyl (C=O) groups excluding carboxylic acids is 1. The Morgan fingerprint density at radius 2 is 2.11 bits per heavy atom. The highest BCUT2D eigenvalue weighted by Crippen LogP contribution is 2.24. The Morgan fingerprint density at radius 1 is 1.44 bits per heavy atom. The second kappa shape index (κ2) is 5.20. The van der Waals surface area contributed by atoms with E-state index in [1.165, 1.54) is 7.11 Å². The molecule has 0 spiro atoms. The maximum absolute atomic E-state index is 11.4. The van der Waals surface area contributed by atoms with Crippen LogP contribution in [0.1, 0.15) is 16.2 Å². The Bertz CT molecular complexity index is 562. The van der Waals surface area contributed by atoms with Crippen LogP contribution in [0, 0.1) is 0 Å². The van der Waals surface area contributed by atoms with Gasteiger partial charge in [-0.3, -0.25) is 0 Å². The van der Waals surface area contributed by atoms with Gasteiger partial charge in [0.25, 0.3) is 0 Å². The van der Waals surface area contributed by atoms with E-state index >= 15 is 0 Å². The van der Waals surface area contributed by atoms with E-state index in [9.17, 15) is 4.79 Å². The van der Waals surface area contributed by atoms with Gasteiger partial charge in [0, 0.05) is 10.6 Å². The Morgan fingerprint density at radius 3 is 2.67 bits per heavy atom. The first-order valence-electron chi connectivity index (χ1n) is 5.10. The van der Waals surface area contributed by atoms with E-state index in [-0.39, 0.29) is 17.3 Å². The molecule has 1 heterocycles. The minimum atomic E-state index is -0.674. The van der Waals surface area contributed by atoms with E-state index in [1.54, 1.807) is 24.3 Å². The van der Waals surface area contributed by atoms with Gasteiger partial charge in [-0.15, -0.1) is 0 Å². The maximum Gasteiger partial charge on any atom is 0.376 e. The van der Waals surface area contributed by atoms with Crippen molar-refractivity contribution in [1.29, 1.82) is 0 Å². The van der Waals surface area contributed by atoms with Crippen molar-refractivity contribution in [2.24, 2.45) is 0 Å². The summed E-state index contributed by atoms with van der Waals surface area (Å²) < 4.78 is 9.84. The molecule has 6 heteroatoms. The zero-order chi connectivity index (χ0) is 13.1.